The van der Waals surface area contributed by atoms with Crippen molar-refractivity contribution in [1.29, 1.82) is 0 Å². The van der Waals surface area contributed by atoms with Gasteiger partial charge in [0.1, 0.15) is 24.4 Å². The molecule has 0 aliphatic carbocycles. The van der Waals surface area contributed by atoms with Crippen molar-refractivity contribution in [3.63, 3.8) is 0 Å². The van der Waals surface area contributed by atoms with Crippen LogP contribution < -0.4 is 5.32 Å². The molecule has 9 heteroatoms. The van der Waals surface area contributed by atoms with Crippen LogP contribution in [-0.4, -0.2) is 87.5 Å². The van der Waals surface area contributed by atoms with E-state index >= 15 is 0 Å². The van der Waals surface area contributed by atoms with Crippen LogP contribution in [0.2, 0.25) is 0 Å². The van der Waals surface area contributed by atoms with E-state index in [2.05, 4.69) is 129 Å². The average molecular weight is 991 g/mol. The average Bonchev–Trinajstić information content (AvgIpc) is 3.37. The van der Waals surface area contributed by atoms with Crippen molar-refractivity contribution in [1.82, 2.24) is 5.32 Å². The van der Waals surface area contributed by atoms with E-state index in [1.165, 1.54) is 96.3 Å². The lowest BCUT2D eigenvalue weighted by Gasteiger charge is -2.40. The molecule has 1 aliphatic rings. The van der Waals surface area contributed by atoms with Gasteiger partial charge in [-0.3, -0.25) is 4.79 Å². The minimum absolute atomic E-state index is 0.219. The first kappa shape index (κ1) is 65.6. The highest BCUT2D eigenvalue weighted by Gasteiger charge is 2.44. The topological polar surface area (TPSA) is 149 Å². The van der Waals surface area contributed by atoms with Crippen LogP contribution in [0.5, 0.6) is 0 Å². The number of nitrogens with one attached hydrogen (secondary N) is 1. The Morgan fingerprint density at radius 3 is 1.28 bits per heavy atom. The van der Waals surface area contributed by atoms with Crippen LogP contribution in [0.15, 0.2) is 122 Å². The molecule has 0 aromatic carbocycles. The van der Waals surface area contributed by atoms with Gasteiger partial charge in [0.25, 0.3) is 0 Å². The predicted octanol–water partition coefficient (Wildman–Crippen LogP) is 14.0. The summed E-state index contributed by atoms with van der Waals surface area (Å²) in [4.78, 5) is 13.0. The number of allylic oxidation sites excluding steroid dienone is 19. The van der Waals surface area contributed by atoms with Crippen molar-refractivity contribution in [3.8, 4) is 0 Å². The lowest BCUT2D eigenvalue weighted by molar-refractivity contribution is -0.302. The molecule has 404 valence electrons. The van der Waals surface area contributed by atoms with E-state index in [1.807, 2.05) is 6.08 Å². The van der Waals surface area contributed by atoms with Crippen molar-refractivity contribution in [2.75, 3.05) is 13.2 Å². The minimum atomic E-state index is -1.58. The number of carbonyl (C=O) groups excluding carboxylic acids is 1. The third-order valence-electron chi connectivity index (χ3n) is 12.5. The molecule has 0 bridgehead atoms. The third kappa shape index (κ3) is 39.8. The molecule has 7 atom stereocenters. The van der Waals surface area contributed by atoms with Crippen molar-refractivity contribution >= 4 is 5.91 Å². The molecule has 1 fully saturated rings. The maximum atomic E-state index is 13.0. The van der Waals surface area contributed by atoms with Gasteiger partial charge in [-0.15, -0.1) is 0 Å². The molecule has 1 amide bonds. The molecule has 7 unspecified atom stereocenters. The van der Waals surface area contributed by atoms with Gasteiger partial charge in [-0.05, 0) is 83.5 Å². The fourth-order valence-electron chi connectivity index (χ4n) is 8.10. The van der Waals surface area contributed by atoms with E-state index < -0.39 is 49.5 Å². The van der Waals surface area contributed by atoms with E-state index in [1.54, 1.807) is 6.08 Å². The molecular weight excluding hydrogens is 887 g/mol. The summed E-state index contributed by atoms with van der Waals surface area (Å²) < 4.78 is 11.2. The fourth-order valence-corrected chi connectivity index (χ4v) is 8.10. The fraction of sp³-hybridized carbons (Fsp3) is 0.661. The second-order valence-electron chi connectivity index (χ2n) is 19.0. The van der Waals surface area contributed by atoms with Crippen LogP contribution in [0.25, 0.3) is 0 Å². The first-order valence-electron chi connectivity index (χ1n) is 28.3. The lowest BCUT2D eigenvalue weighted by atomic mass is 9.99. The Kier molecular flexibility index (Phi) is 46.3. The van der Waals surface area contributed by atoms with Crippen LogP contribution in [-0.2, 0) is 14.3 Å². The number of rotatable bonds is 46. The Balaban J connectivity index is 2.32. The van der Waals surface area contributed by atoms with E-state index in [-0.39, 0.29) is 18.9 Å². The summed E-state index contributed by atoms with van der Waals surface area (Å²) >= 11 is 0. The summed E-state index contributed by atoms with van der Waals surface area (Å²) in [6.07, 6.45) is 68.3. The maximum Gasteiger partial charge on any atom is 0.220 e. The van der Waals surface area contributed by atoms with Gasteiger partial charge in [0.05, 0.1) is 25.4 Å². The monoisotopic (exact) mass is 990 g/mol. The Bertz CT molecular complexity index is 1520. The molecule has 0 radical (unpaired) electrons. The molecule has 1 saturated heterocycles. The predicted molar refractivity (Wildman–Crippen MR) is 299 cm³/mol. The zero-order chi connectivity index (χ0) is 51.5. The largest absolute Gasteiger partial charge is 0.394 e. The summed E-state index contributed by atoms with van der Waals surface area (Å²) in [6, 6.07) is -0.845. The maximum absolute atomic E-state index is 13.0. The number of hydrogen-bond donors (Lipinski definition) is 6. The van der Waals surface area contributed by atoms with E-state index in [0.29, 0.717) is 6.42 Å². The Hall–Kier alpha value is -3.41. The Morgan fingerprint density at radius 1 is 0.493 bits per heavy atom. The summed E-state index contributed by atoms with van der Waals surface area (Å²) in [5, 5.41) is 54.4. The van der Waals surface area contributed by atoms with Gasteiger partial charge in [0.2, 0.25) is 5.91 Å². The highest BCUT2D eigenvalue weighted by atomic mass is 16.7. The molecule has 1 rings (SSSR count). The highest BCUT2D eigenvalue weighted by molar-refractivity contribution is 5.76. The Morgan fingerprint density at radius 2 is 0.873 bits per heavy atom. The molecule has 0 saturated carbocycles. The van der Waals surface area contributed by atoms with Crippen molar-refractivity contribution < 1.29 is 39.8 Å². The molecule has 0 aromatic heterocycles. The second-order valence-corrected chi connectivity index (χ2v) is 19.0. The van der Waals surface area contributed by atoms with Crippen LogP contribution in [0.4, 0.5) is 0 Å². The van der Waals surface area contributed by atoms with Gasteiger partial charge in [-0.2, -0.15) is 0 Å². The number of amides is 1. The van der Waals surface area contributed by atoms with E-state index in [4.69, 9.17) is 9.47 Å². The molecular formula is C62H103NO8. The smallest absolute Gasteiger partial charge is 0.220 e. The molecule has 9 nitrogen and oxygen atoms in total. The number of hydrogen-bond acceptors (Lipinski definition) is 8. The van der Waals surface area contributed by atoms with Crippen molar-refractivity contribution in [2.45, 2.75) is 249 Å². The van der Waals surface area contributed by atoms with Gasteiger partial charge in [-0.25, -0.2) is 0 Å². The standard InChI is InChI=1S/C62H103NO8/c1-3-5-7-9-11-13-15-17-19-21-23-24-25-26-27-28-29-30-31-32-34-36-38-40-42-44-46-48-50-52-58(66)63-55(54-70-62-61(69)60(68)59(67)57(53-64)71-62)56(65)51-49-47-45-43-41-39-37-35-33-22-20-18-16-14-12-10-8-6-4-2/h5,7,11,13,17,19,23-24,26-27,29-30,32,34,38,40,44,46,49,51,55-57,59-62,64-65,67-69H,3-4,6,8-10,12,14-16,18,20-22,25,28,31,33,35-37,39,41-43,45,47-48,50,52-54H2,1-2H3,(H,63,66)/b7-5-,13-11-,19-17-,24-23-,27-26-,30-29-,34-32-,40-38-,46-44-,51-49+. The lowest BCUT2D eigenvalue weighted by Crippen LogP contribution is -2.60. The van der Waals surface area contributed by atoms with Crippen molar-refractivity contribution in [2.24, 2.45) is 0 Å². The number of unbranched alkanes of at least 4 members (excludes halogenated alkanes) is 18. The molecule has 0 spiro atoms. The van der Waals surface area contributed by atoms with Gasteiger partial charge >= 0.3 is 0 Å². The van der Waals surface area contributed by atoms with Crippen LogP contribution in [0.1, 0.15) is 206 Å². The minimum Gasteiger partial charge on any atom is -0.394 e. The van der Waals surface area contributed by atoms with Crippen LogP contribution >= 0.6 is 0 Å². The number of carbonyl (C=O) groups is 1. The van der Waals surface area contributed by atoms with Crippen LogP contribution in [0, 0.1) is 0 Å². The summed E-state index contributed by atoms with van der Waals surface area (Å²) in [5.41, 5.74) is 0. The number of aliphatic hydroxyl groups is 5. The summed E-state index contributed by atoms with van der Waals surface area (Å²) in [5.74, 6) is -0.239. The zero-order valence-corrected chi connectivity index (χ0v) is 44.7. The van der Waals surface area contributed by atoms with Crippen LogP contribution in [0.3, 0.4) is 0 Å². The number of ether oxygens (including phenoxy) is 2. The molecule has 0 aromatic rings. The van der Waals surface area contributed by atoms with Crippen molar-refractivity contribution in [3.05, 3.63) is 122 Å². The van der Waals surface area contributed by atoms with Gasteiger partial charge in [0.15, 0.2) is 6.29 Å². The first-order valence-corrected chi connectivity index (χ1v) is 28.3. The van der Waals surface area contributed by atoms with E-state index in [0.717, 1.165) is 83.5 Å². The molecule has 1 aliphatic heterocycles. The molecule has 1 heterocycles. The molecule has 71 heavy (non-hydrogen) atoms. The first-order chi connectivity index (χ1) is 34.8. The summed E-state index contributed by atoms with van der Waals surface area (Å²) in [6.45, 7) is 3.63. The number of aliphatic hydroxyl groups excluding tert-OH is 5. The Labute approximate surface area is 433 Å². The summed E-state index contributed by atoms with van der Waals surface area (Å²) in [7, 11) is 0. The quantitative estimate of drug-likeness (QED) is 0.0261. The normalized spacial score (nSPS) is 20.2. The van der Waals surface area contributed by atoms with E-state index in [9.17, 15) is 30.3 Å². The second kappa shape index (κ2) is 50.1. The highest BCUT2D eigenvalue weighted by Crippen LogP contribution is 2.23. The van der Waals surface area contributed by atoms with Gasteiger partial charge < -0.3 is 40.3 Å². The van der Waals surface area contributed by atoms with Gasteiger partial charge in [0, 0.05) is 6.42 Å². The van der Waals surface area contributed by atoms with Gasteiger partial charge in [-0.1, -0.05) is 238 Å². The molecule has 6 N–H and O–H groups in total. The SMILES string of the molecule is CC/C=C\C/C=C\C/C=C\C/C=C\C/C=C\C/C=C\C/C=C\C/C=C\C/C=C\CCCC(=O)NC(COC1OC(CO)C(O)C(O)C1O)C(O)/C=C/CCCCCCCCCCCCCCCCCCC. The third-order valence-corrected chi connectivity index (χ3v) is 12.5. The zero-order valence-electron chi connectivity index (χ0n) is 44.7.